The van der Waals surface area contributed by atoms with Crippen molar-refractivity contribution in [1.29, 1.82) is 0 Å². The normalized spacial score (nSPS) is 34.5. The van der Waals surface area contributed by atoms with Crippen molar-refractivity contribution < 1.29 is 19.1 Å². The molecular formula is C20H21Br2NO4. The van der Waals surface area contributed by atoms with Crippen LogP contribution in [0.5, 0.6) is 0 Å². The summed E-state index contributed by atoms with van der Waals surface area (Å²) in [6, 6.07) is 6.54. The lowest BCUT2D eigenvalue weighted by atomic mass is 9.81. The van der Waals surface area contributed by atoms with Gasteiger partial charge in [0, 0.05) is 9.65 Å². The fourth-order valence-electron chi connectivity index (χ4n) is 4.68. The molecule has 0 unspecified atom stereocenters. The lowest BCUT2D eigenvalue weighted by molar-refractivity contribution is -0.123. The molecule has 0 radical (unpaired) electrons. The molecule has 2 amide bonds. The van der Waals surface area contributed by atoms with Crippen molar-refractivity contribution in [3.63, 3.8) is 0 Å². The molecule has 1 saturated heterocycles. The highest BCUT2D eigenvalue weighted by molar-refractivity contribution is 9.12. The molecular weight excluding hydrogens is 478 g/mol. The molecule has 6 atom stereocenters. The van der Waals surface area contributed by atoms with E-state index in [1.54, 1.807) is 24.3 Å². The molecule has 1 aromatic carbocycles. The summed E-state index contributed by atoms with van der Waals surface area (Å²) in [6.45, 7) is 4.30. The van der Waals surface area contributed by atoms with Gasteiger partial charge >= 0.3 is 5.97 Å². The van der Waals surface area contributed by atoms with Crippen LogP contribution >= 0.6 is 31.9 Å². The van der Waals surface area contributed by atoms with Crippen molar-refractivity contribution in [2.45, 2.75) is 29.9 Å². The Hall–Kier alpha value is -1.21. The fourth-order valence-corrected chi connectivity index (χ4v) is 6.55. The molecule has 0 spiro atoms. The number of rotatable bonds is 4. The number of ether oxygens (including phenoxy) is 1. The van der Waals surface area contributed by atoms with E-state index in [2.05, 4.69) is 31.9 Å². The van der Waals surface area contributed by atoms with Crippen molar-refractivity contribution in [3.8, 4) is 0 Å². The maximum Gasteiger partial charge on any atom is 0.338 e. The van der Waals surface area contributed by atoms with Gasteiger partial charge < -0.3 is 4.74 Å². The average molecular weight is 499 g/mol. The summed E-state index contributed by atoms with van der Waals surface area (Å²) in [5, 5.41) is 0. The second-order valence-corrected chi connectivity index (χ2v) is 10.2. The minimum Gasteiger partial charge on any atom is -0.462 e. The van der Waals surface area contributed by atoms with Gasteiger partial charge in [-0.3, -0.25) is 14.5 Å². The summed E-state index contributed by atoms with van der Waals surface area (Å²) < 4.78 is 5.22. The summed E-state index contributed by atoms with van der Waals surface area (Å²) in [7, 11) is 0. The number of benzene rings is 1. The molecule has 2 saturated carbocycles. The zero-order chi connectivity index (χ0) is 19.5. The number of carbonyl (C=O) groups excluding carboxylic acids is 3. The Morgan fingerprint density at radius 1 is 1.07 bits per heavy atom. The Labute approximate surface area is 175 Å². The smallest absolute Gasteiger partial charge is 0.338 e. The summed E-state index contributed by atoms with van der Waals surface area (Å²) in [5.41, 5.74) is 0.941. The van der Waals surface area contributed by atoms with E-state index >= 15 is 0 Å². The number of imide groups is 1. The van der Waals surface area contributed by atoms with Crippen LogP contribution in [-0.2, 0) is 14.3 Å². The zero-order valence-electron chi connectivity index (χ0n) is 15.1. The van der Waals surface area contributed by atoms with Crippen LogP contribution in [-0.4, -0.2) is 34.0 Å². The molecule has 3 aliphatic rings. The molecule has 7 heteroatoms. The third-order valence-corrected chi connectivity index (χ3v) is 9.10. The van der Waals surface area contributed by atoms with E-state index in [0.29, 0.717) is 17.9 Å². The van der Waals surface area contributed by atoms with Gasteiger partial charge in [-0.15, -0.1) is 0 Å². The van der Waals surface area contributed by atoms with E-state index in [-0.39, 0.29) is 51.1 Å². The van der Waals surface area contributed by atoms with Crippen LogP contribution in [0, 0.1) is 29.6 Å². The Morgan fingerprint density at radius 2 is 1.59 bits per heavy atom. The minimum absolute atomic E-state index is 0.114. The summed E-state index contributed by atoms with van der Waals surface area (Å²) >= 11 is 7.38. The highest BCUT2D eigenvalue weighted by Crippen LogP contribution is 2.60. The van der Waals surface area contributed by atoms with Gasteiger partial charge in [-0.25, -0.2) is 4.79 Å². The van der Waals surface area contributed by atoms with Crippen LogP contribution in [0.25, 0.3) is 0 Å². The molecule has 2 aliphatic carbocycles. The highest BCUT2D eigenvalue weighted by Gasteiger charge is 2.66. The molecule has 4 rings (SSSR count). The Bertz CT molecular complexity index is 762. The van der Waals surface area contributed by atoms with Crippen molar-refractivity contribution in [3.05, 3.63) is 29.8 Å². The van der Waals surface area contributed by atoms with Gasteiger partial charge in [0.05, 0.1) is 29.7 Å². The summed E-state index contributed by atoms with van der Waals surface area (Å²) in [6.07, 6.45) is 0.910. The molecule has 5 nitrogen and oxygen atoms in total. The highest BCUT2D eigenvalue weighted by atomic mass is 79.9. The van der Waals surface area contributed by atoms with Gasteiger partial charge in [-0.1, -0.05) is 45.7 Å². The topological polar surface area (TPSA) is 63.7 Å². The maximum atomic E-state index is 13.0. The maximum absolute atomic E-state index is 13.0. The van der Waals surface area contributed by atoms with Gasteiger partial charge in [0.15, 0.2) is 0 Å². The number of fused-ring (bicyclic) bond motifs is 5. The number of amides is 2. The fraction of sp³-hybridized carbons (Fsp3) is 0.550. The second-order valence-electron chi connectivity index (χ2n) is 8.05. The van der Waals surface area contributed by atoms with E-state index < -0.39 is 5.97 Å². The number of carbonyl (C=O) groups is 3. The van der Waals surface area contributed by atoms with Crippen LogP contribution in [0.2, 0.25) is 0 Å². The summed E-state index contributed by atoms with van der Waals surface area (Å²) in [4.78, 5) is 39.8. The first-order valence-electron chi connectivity index (χ1n) is 9.24. The van der Waals surface area contributed by atoms with E-state index in [4.69, 9.17) is 4.74 Å². The number of halogens is 2. The first-order valence-corrected chi connectivity index (χ1v) is 11.1. The van der Waals surface area contributed by atoms with Crippen LogP contribution in [0.3, 0.4) is 0 Å². The predicted octanol–water partition coefficient (Wildman–Crippen LogP) is 3.78. The van der Waals surface area contributed by atoms with Crippen molar-refractivity contribution in [1.82, 2.24) is 0 Å². The zero-order valence-corrected chi connectivity index (χ0v) is 18.3. The van der Waals surface area contributed by atoms with Crippen LogP contribution in [0.15, 0.2) is 24.3 Å². The van der Waals surface area contributed by atoms with Crippen LogP contribution < -0.4 is 4.90 Å². The van der Waals surface area contributed by atoms with Gasteiger partial charge in [-0.2, -0.15) is 0 Å². The molecule has 2 bridgehead atoms. The number of alkyl halides is 2. The Kier molecular flexibility index (Phi) is 4.95. The number of anilines is 1. The molecule has 1 heterocycles. The van der Waals surface area contributed by atoms with Gasteiger partial charge in [-0.05, 0) is 48.4 Å². The van der Waals surface area contributed by atoms with Crippen molar-refractivity contribution in [2.75, 3.05) is 11.5 Å². The van der Waals surface area contributed by atoms with E-state index in [0.717, 1.165) is 6.42 Å². The average Bonchev–Trinajstić information content (AvgIpc) is 3.25. The minimum atomic E-state index is -0.395. The van der Waals surface area contributed by atoms with Crippen molar-refractivity contribution in [2.24, 2.45) is 29.6 Å². The van der Waals surface area contributed by atoms with E-state index in [1.807, 2.05) is 13.8 Å². The molecule has 144 valence electrons. The summed E-state index contributed by atoms with van der Waals surface area (Å²) in [5.74, 6) is -0.458. The predicted molar refractivity (Wildman–Crippen MR) is 108 cm³/mol. The standard InChI is InChI=1S/C20H21Br2NO4/c1-9(2)8-27-20(26)10-3-5-11(6-4-10)23-18(24)14-12-7-13(15(14)19(23)25)17(22)16(12)21/h3-6,9,12-17H,7-8H2,1-2H3/t12-,13-,14-,15+,16-,17+/m0/s1. The monoisotopic (exact) mass is 497 g/mol. The first-order chi connectivity index (χ1) is 12.8. The van der Waals surface area contributed by atoms with Crippen LogP contribution in [0.4, 0.5) is 5.69 Å². The third-order valence-electron chi connectivity index (χ3n) is 5.90. The molecule has 1 aromatic rings. The molecule has 27 heavy (non-hydrogen) atoms. The first kappa shape index (κ1) is 19.1. The molecule has 1 aliphatic heterocycles. The lowest BCUT2D eigenvalue weighted by Crippen LogP contribution is -2.37. The largest absolute Gasteiger partial charge is 0.462 e. The lowest BCUT2D eigenvalue weighted by Gasteiger charge is -2.28. The molecule has 0 N–H and O–H groups in total. The molecule has 3 fully saturated rings. The molecule has 0 aromatic heterocycles. The SMILES string of the molecule is CC(C)COC(=O)c1ccc(N2C(=O)[C@@H]3[C@@H]4C[C@H]([C@H](Br)[C@@H]4Br)[C@@H]3C2=O)cc1. The van der Waals surface area contributed by atoms with Crippen LogP contribution in [0.1, 0.15) is 30.6 Å². The second kappa shape index (κ2) is 6.99. The van der Waals surface area contributed by atoms with E-state index in [1.165, 1.54) is 4.90 Å². The van der Waals surface area contributed by atoms with Gasteiger partial charge in [0.2, 0.25) is 11.8 Å². The Morgan fingerprint density at radius 3 is 2.07 bits per heavy atom. The van der Waals surface area contributed by atoms with Gasteiger partial charge in [0.25, 0.3) is 0 Å². The number of hydrogen-bond acceptors (Lipinski definition) is 4. The van der Waals surface area contributed by atoms with Crippen molar-refractivity contribution >= 4 is 55.3 Å². The Balaban J connectivity index is 1.54. The quantitative estimate of drug-likeness (QED) is 0.360. The van der Waals surface area contributed by atoms with Gasteiger partial charge in [0.1, 0.15) is 0 Å². The number of nitrogens with zero attached hydrogens (tertiary/aromatic N) is 1. The number of esters is 1. The van der Waals surface area contributed by atoms with E-state index in [9.17, 15) is 14.4 Å². The third kappa shape index (κ3) is 2.97. The number of hydrogen-bond donors (Lipinski definition) is 0.